The Labute approximate surface area is 845 Å². The standard InChI is InChI=1S/C16H13N2.C15H11N2.C12H10F3N2.C11H8N3.C10H7F2N2.C10H8FN2.C10H8N3O2.C10H9N2.8Ir/c1-3-7-14(8-4-1)13-18-12-11-17-16(18)15-9-5-2-6-10-15;1-3-7-13(8-4-1)15-16-11-12-17(15)14-9-5-2-6-10-14;1-8-5-9(11-16-3-4-17(11)2)7-10(6-8)12(13,14)15;1-12-10-5-3-4-9(8-10)11-13-6-7-14(11)2;1-14-5-4-13-10(14)8-3-2-7(11)6-9(8)12;1-13-7-6-12-10(13)8-2-4-9(11)5-3-8;1-12-6-5-11-10(12)8-3-2-4-9(7-8)13(14)15;1-12-8-7-11-10(12)9-5-3-2-4-6-9;;;;;;;;/h1-9,11-12H,13H2;1-7,9-12H;3-6H,1-2H3;3,5-8H,2H3;2,4-6H,1H3;2,4-7H,1H3;2,4-7H,1H3;2-5,7-8H,1H3;;;;;;;;/q8*-1;;;;;;;;. The molecule has 0 saturated carbocycles. The maximum absolute atomic E-state index is 13.3. The van der Waals surface area contributed by atoms with Crippen molar-refractivity contribution in [3.8, 4) is 96.8 Å². The number of nitrogens with zero attached hydrogens (tertiary/aromatic N) is 18. The van der Waals surface area contributed by atoms with Crippen LogP contribution in [0.1, 0.15) is 16.7 Å². The second kappa shape index (κ2) is 56.1. The van der Waals surface area contributed by atoms with Gasteiger partial charge in [-0.3, -0.25) is 68.0 Å². The van der Waals surface area contributed by atoms with Crippen LogP contribution in [0.15, 0.2) is 311 Å². The molecule has 0 fully saturated rings. The fraction of sp³-hybridized carbons (Fsp3) is 0.0957. The second-order valence-electron chi connectivity index (χ2n) is 26.1. The average Bonchev–Trinajstić information content (AvgIpc) is 1.33. The monoisotopic (exact) mass is 3140 g/mol. The first-order valence-electron chi connectivity index (χ1n) is 36.7. The molecule has 0 aliphatic rings. The van der Waals surface area contributed by atoms with E-state index in [1.165, 1.54) is 35.9 Å². The molecule has 34 heteroatoms. The van der Waals surface area contributed by atoms with Crippen LogP contribution >= 0.6 is 0 Å². The van der Waals surface area contributed by atoms with Crippen LogP contribution in [-0.4, -0.2) is 81.3 Å². The molecule has 0 atom stereocenters. The van der Waals surface area contributed by atoms with Crippen LogP contribution in [-0.2, 0) is 216 Å². The van der Waals surface area contributed by atoms with E-state index in [9.17, 15) is 36.5 Å². The first kappa shape index (κ1) is 112. The number of alkyl halides is 3. The molecule has 18 aromatic rings. The smallest absolute Gasteiger partial charge is 0.373 e. The van der Waals surface area contributed by atoms with Gasteiger partial charge in [0, 0.05) is 337 Å². The Hall–Kier alpha value is -10.5. The quantitative estimate of drug-likeness (QED) is 0.0492. The molecule has 0 amide bonds. The Morgan fingerprint density at radius 2 is 0.789 bits per heavy atom. The average molecular weight is 3140 g/mol. The summed E-state index contributed by atoms with van der Waals surface area (Å²) in [6.45, 7) is 9.36. The van der Waals surface area contributed by atoms with Crippen molar-refractivity contribution in [2.24, 2.45) is 42.3 Å². The zero-order valence-electron chi connectivity index (χ0n) is 68.5. The molecule has 8 heterocycles. The van der Waals surface area contributed by atoms with E-state index in [2.05, 4.69) is 139 Å². The number of benzene rings is 10. The molecule has 20 nitrogen and oxygen atoms in total. The molecular weight excluding hydrogens is 3060 g/mol. The summed E-state index contributed by atoms with van der Waals surface area (Å²) in [5.41, 5.74) is 8.67. The number of nitro benzene ring substituents is 1. The number of hydrogen-bond donors (Lipinski definition) is 0. The van der Waals surface area contributed by atoms with E-state index in [0.29, 0.717) is 39.9 Å². The predicted octanol–water partition coefficient (Wildman–Crippen LogP) is 20.2. The second-order valence-corrected chi connectivity index (χ2v) is 26.1. The van der Waals surface area contributed by atoms with Crippen molar-refractivity contribution in [1.82, 2.24) is 76.4 Å². The summed E-state index contributed by atoms with van der Waals surface area (Å²) >= 11 is 0. The number of aryl methyl sites for hydroxylation is 7. The third-order valence-corrected chi connectivity index (χ3v) is 17.4. The van der Waals surface area contributed by atoms with Gasteiger partial charge in [-0.1, -0.05) is 79.2 Å². The minimum Gasteiger partial charge on any atom is -0.373 e. The Morgan fingerprint density at radius 3 is 1.23 bits per heavy atom. The minimum absolute atomic E-state index is 0. The van der Waals surface area contributed by atoms with Crippen molar-refractivity contribution in [1.29, 1.82) is 0 Å². The minimum atomic E-state index is -4.38. The van der Waals surface area contributed by atoms with Gasteiger partial charge in [0.1, 0.15) is 5.69 Å². The zero-order chi connectivity index (χ0) is 84.9. The third-order valence-electron chi connectivity index (χ3n) is 17.4. The topological polar surface area (TPSA) is 190 Å². The van der Waals surface area contributed by atoms with Crippen molar-refractivity contribution in [2.45, 2.75) is 19.6 Å². The van der Waals surface area contributed by atoms with E-state index in [4.69, 9.17) is 6.57 Å². The van der Waals surface area contributed by atoms with Crippen LogP contribution in [0.2, 0.25) is 0 Å². The number of nitro groups is 1. The molecule has 674 valence electrons. The molecule has 18 rings (SSSR count). The van der Waals surface area contributed by atoms with Gasteiger partial charge in [0.25, 0.3) is 0 Å². The van der Waals surface area contributed by atoms with Crippen LogP contribution in [0.5, 0.6) is 0 Å². The summed E-state index contributed by atoms with van der Waals surface area (Å²) in [6, 6.07) is 86.1. The van der Waals surface area contributed by atoms with E-state index in [-0.39, 0.29) is 178 Å². The first-order chi connectivity index (χ1) is 58.1. The molecule has 0 unspecified atom stereocenters. The Kier molecular flexibility index (Phi) is 49.0. The van der Waals surface area contributed by atoms with Gasteiger partial charge in [0.15, 0.2) is 5.69 Å². The number of hydrogen-bond acceptors (Lipinski definition) is 10. The molecule has 0 bridgehead atoms. The van der Waals surface area contributed by atoms with Crippen molar-refractivity contribution < 1.29 is 192 Å². The molecule has 0 saturated heterocycles. The van der Waals surface area contributed by atoms with Gasteiger partial charge in [-0.2, -0.15) is 19.2 Å². The first-order valence-corrected chi connectivity index (χ1v) is 36.7. The van der Waals surface area contributed by atoms with Gasteiger partial charge in [-0.25, -0.2) is 0 Å². The number of rotatable bonds is 12. The zero-order valence-corrected chi connectivity index (χ0v) is 87.6. The van der Waals surface area contributed by atoms with E-state index in [1.54, 1.807) is 121 Å². The number of aromatic nitrogens is 16. The van der Waals surface area contributed by atoms with E-state index < -0.39 is 28.3 Å². The van der Waals surface area contributed by atoms with Gasteiger partial charge in [-0.05, 0) is 23.3 Å². The van der Waals surface area contributed by atoms with Gasteiger partial charge in [0.2, 0.25) is 0 Å². The van der Waals surface area contributed by atoms with Crippen molar-refractivity contribution in [3.05, 3.63) is 416 Å². The van der Waals surface area contributed by atoms with E-state index in [0.717, 1.165) is 87.4 Å². The Bertz CT molecular complexity index is 6250. The molecule has 10 aromatic carbocycles. The Balaban J connectivity index is 0.000000375. The van der Waals surface area contributed by atoms with E-state index >= 15 is 0 Å². The van der Waals surface area contributed by atoms with Crippen molar-refractivity contribution >= 4 is 11.4 Å². The summed E-state index contributed by atoms with van der Waals surface area (Å²) in [7, 11) is 11.1. The van der Waals surface area contributed by atoms with Gasteiger partial charge in [0.05, 0.1) is 53.2 Å². The SMILES string of the molecule is Cc1cc(-c2nccn2C)[c-]c(C(F)(F)F)c1.Cn1ccnc1-c1[c-]cc(F)cc1.Cn1ccnc1-c1[c-]cc(F)cc1F.Cn1ccnc1-c1[c-]ccc([N+](=O)[O-])c1.Cn1ccnc1-c1[c-]cccc1.[C-]#[N+]c1cc[c-]c(-c2nccn2C)c1.[Ir].[Ir].[Ir].[Ir].[Ir].[Ir].[Ir].[Ir].[c-]1ccccc1-c1nccn1-c1ccccc1.[c-]1ccccc1-c1nccn1Cc1ccccc1. The number of non-ortho nitro benzene ring substituents is 1. The third kappa shape index (κ3) is 32.3. The predicted molar refractivity (Wildman–Crippen MR) is 447 cm³/mol. The summed E-state index contributed by atoms with van der Waals surface area (Å²) < 4.78 is 91.4. The van der Waals surface area contributed by atoms with Gasteiger partial charge < -0.3 is 36.5 Å². The molecule has 0 aliphatic carbocycles. The molecule has 0 aliphatic heterocycles. The van der Waals surface area contributed by atoms with Crippen molar-refractivity contribution in [3.63, 3.8) is 0 Å². The largest absolute Gasteiger partial charge is 0.399 e. The van der Waals surface area contributed by atoms with Crippen LogP contribution in [0.25, 0.3) is 102 Å². The molecule has 0 spiro atoms. The molecule has 0 N–H and O–H groups in total. The summed E-state index contributed by atoms with van der Waals surface area (Å²) in [4.78, 5) is 46.9. The normalized spacial score (nSPS) is 9.81. The molecule has 128 heavy (non-hydrogen) atoms. The fourth-order valence-electron chi connectivity index (χ4n) is 11.6. The van der Waals surface area contributed by atoms with Crippen LogP contribution in [0.3, 0.4) is 0 Å². The van der Waals surface area contributed by atoms with Gasteiger partial charge in [-0.15, -0.1) is 220 Å². The number of halogens is 6. The summed E-state index contributed by atoms with van der Waals surface area (Å²) in [5.74, 6) is 4.44. The summed E-state index contributed by atoms with van der Waals surface area (Å²) in [5, 5.41) is 10.6. The maximum atomic E-state index is 13.3. The van der Waals surface area contributed by atoms with Gasteiger partial charge >= 0.3 is 6.18 Å². The summed E-state index contributed by atoms with van der Waals surface area (Å²) in [6.07, 6.45) is 24.0. The Morgan fingerprint density at radius 1 is 0.391 bits per heavy atom. The fourth-order valence-corrected chi connectivity index (χ4v) is 11.6. The molecular formula is C94H74F6Ir8N18O2-8. The van der Waals surface area contributed by atoms with Crippen LogP contribution in [0, 0.1) is 89.6 Å². The molecule has 8 aromatic heterocycles. The number of para-hydroxylation sites is 1. The number of imidazole rings is 8. The molecule has 8 radical (unpaired) electrons. The van der Waals surface area contributed by atoms with Crippen LogP contribution < -0.4 is 0 Å². The van der Waals surface area contributed by atoms with Crippen molar-refractivity contribution in [2.75, 3.05) is 0 Å². The van der Waals surface area contributed by atoms with E-state index in [1.807, 2.05) is 182 Å². The van der Waals surface area contributed by atoms with Crippen LogP contribution in [0.4, 0.5) is 37.7 Å². The maximum Gasteiger partial charge on any atom is 0.399 e.